The average Bonchev–Trinajstić information content (AvgIpc) is 3.39. The number of hydrogen-bond acceptors (Lipinski definition) is 5. The van der Waals surface area contributed by atoms with Gasteiger partial charge in [0.05, 0.1) is 18.3 Å². The van der Waals surface area contributed by atoms with Crippen LogP contribution in [0.4, 0.5) is 28.0 Å². The second-order valence-corrected chi connectivity index (χ2v) is 8.32. The van der Waals surface area contributed by atoms with Crippen LogP contribution < -0.4 is 4.90 Å². The van der Waals surface area contributed by atoms with Crippen LogP contribution in [0.25, 0.3) is 11.6 Å². The van der Waals surface area contributed by atoms with E-state index in [1.807, 2.05) is 25.5 Å². The molecule has 2 aromatic rings. The van der Waals surface area contributed by atoms with Crippen molar-refractivity contribution in [2.75, 3.05) is 31.1 Å². The van der Waals surface area contributed by atoms with Gasteiger partial charge in [-0.15, -0.1) is 0 Å². The minimum atomic E-state index is -4.32. The fourth-order valence-corrected chi connectivity index (χ4v) is 4.30. The Labute approximate surface area is 181 Å². The fourth-order valence-electron chi connectivity index (χ4n) is 4.30. The van der Waals surface area contributed by atoms with Crippen molar-refractivity contribution >= 4 is 23.4 Å². The van der Waals surface area contributed by atoms with Gasteiger partial charge in [-0.3, -0.25) is 9.67 Å². The van der Waals surface area contributed by atoms with Gasteiger partial charge in [0.2, 0.25) is 0 Å². The van der Waals surface area contributed by atoms with Gasteiger partial charge < -0.3 is 14.5 Å². The number of fused-ring (bicyclic) bond motifs is 1. The third-order valence-corrected chi connectivity index (χ3v) is 6.26. The van der Waals surface area contributed by atoms with Crippen LogP contribution in [0.2, 0.25) is 0 Å². The summed E-state index contributed by atoms with van der Waals surface area (Å²) < 4.78 is 59.2. The normalized spacial score (nSPS) is 23.4. The molecule has 1 aliphatic heterocycles. The van der Waals surface area contributed by atoms with Crippen LogP contribution in [0.1, 0.15) is 23.2 Å². The Morgan fingerprint density at radius 3 is 2.56 bits per heavy atom. The Morgan fingerprint density at radius 2 is 1.94 bits per heavy atom. The first-order chi connectivity index (χ1) is 15.2. The van der Waals surface area contributed by atoms with Gasteiger partial charge in [-0.25, -0.2) is 4.79 Å². The molecule has 11 heteroatoms. The van der Waals surface area contributed by atoms with E-state index in [0.717, 1.165) is 28.1 Å². The molecule has 0 radical (unpaired) electrons. The Morgan fingerprint density at radius 1 is 1.19 bits per heavy atom. The Kier molecular flexibility index (Phi) is 4.68. The zero-order valence-corrected chi connectivity index (χ0v) is 17.3. The molecule has 3 heterocycles. The summed E-state index contributed by atoms with van der Waals surface area (Å²) in [6.45, 7) is 1.39. The summed E-state index contributed by atoms with van der Waals surface area (Å²) in [7, 11) is 1.86. The molecular weight excluding hydrogens is 430 g/mol. The van der Waals surface area contributed by atoms with Crippen LogP contribution in [-0.4, -0.2) is 69.9 Å². The molecule has 2 fully saturated rings. The van der Waals surface area contributed by atoms with E-state index in [-0.39, 0.29) is 13.1 Å². The third kappa shape index (κ3) is 3.30. The molecule has 1 amide bonds. The van der Waals surface area contributed by atoms with Crippen molar-refractivity contribution < 1.29 is 27.1 Å². The van der Waals surface area contributed by atoms with Gasteiger partial charge in [0, 0.05) is 68.9 Å². The molecule has 1 saturated carbocycles. The molecule has 0 unspecified atom stereocenters. The lowest BCUT2D eigenvalue weighted by Crippen LogP contribution is -2.64. The number of carbonyl (C=O) groups excluding carboxylic acids is 1. The molecule has 7 nitrogen and oxygen atoms in total. The minimum Gasteiger partial charge on any atom is -0.439 e. The van der Waals surface area contributed by atoms with Gasteiger partial charge in [-0.05, 0) is 17.7 Å². The number of aromatic nitrogens is 3. The second kappa shape index (κ2) is 7.21. The number of aryl methyl sites for hydroxylation is 1. The third-order valence-electron chi connectivity index (χ3n) is 6.26. The zero-order valence-electron chi connectivity index (χ0n) is 17.3. The first-order valence-corrected chi connectivity index (χ1v) is 10.3. The number of anilines is 1. The van der Waals surface area contributed by atoms with E-state index in [4.69, 9.17) is 0 Å². The summed E-state index contributed by atoms with van der Waals surface area (Å²) in [5.74, 6) is -8.44. The van der Waals surface area contributed by atoms with Crippen LogP contribution in [0.5, 0.6) is 0 Å². The summed E-state index contributed by atoms with van der Waals surface area (Å²) >= 11 is 0. The van der Waals surface area contributed by atoms with E-state index in [0.29, 0.717) is 19.5 Å². The lowest BCUT2D eigenvalue weighted by molar-refractivity contribution is -0.330. The number of alkyl halides is 4. The number of amides is 1. The summed E-state index contributed by atoms with van der Waals surface area (Å²) in [6, 6.07) is 1.91. The SMILES string of the molecule is Cn1cc(C2=Cc3c(N4CCN(C(=O)O[C@@H]5CC(F)(F)C5(F)F)CC4)ccnc3C2)cn1. The number of piperazine rings is 1. The molecule has 1 atom stereocenters. The van der Waals surface area contributed by atoms with Crippen LogP contribution in [0.3, 0.4) is 0 Å². The highest BCUT2D eigenvalue weighted by Crippen LogP contribution is 2.52. The maximum absolute atomic E-state index is 13.4. The van der Waals surface area contributed by atoms with E-state index in [1.165, 1.54) is 4.90 Å². The van der Waals surface area contributed by atoms with Crippen LogP contribution in [-0.2, 0) is 18.2 Å². The van der Waals surface area contributed by atoms with Crippen LogP contribution in [0.15, 0.2) is 24.7 Å². The molecule has 32 heavy (non-hydrogen) atoms. The number of rotatable bonds is 3. The molecule has 2 aliphatic carbocycles. The van der Waals surface area contributed by atoms with Crippen molar-refractivity contribution in [1.29, 1.82) is 0 Å². The highest BCUT2D eigenvalue weighted by molar-refractivity contribution is 5.91. The summed E-state index contributed by atoms with van der Waals surface area (Å²) in [6.07, 6.45) is 4.07. The highest BCUT2D eigenvalue weighted by atomic mass is 19.3. The predicted octanol–water partition coefficient (Wildman–Crippen LogP) is 3.21. The first-order valence-electron chi connectivity index (χ1n) is 10.3. The molecule has 0 aromatic carbocycles. The van der Waals surface area contributed by atoms with E-state index < -0.39 is 30.5 Å². The number of halogens is 4. The van der Waals surface area contributed by atoms with Gasteiger partial charge in [-0.1, -0.05) is 0 Å². The molecule has 0 spiro atoms. The van der Waals surface area contributed by atoms with Crippen LogP contribution in [0, 0.1) is 0 Å². The number of carbonyl (C=O) groups is 1. The lowest BCUT2D eigenvalue weighted by atomic mass is 9.85. The average molecular weight is 451 g/mol. The molecule has 5 rings (SSSR count). The standard InChI is InChI=1S/C21H21F4N5O2/c1-28-12-14(11-27-28)13-8-15-16(9-13)26-3-2-17(15)29-4-6-30(7-5-29)19(31)32-18-10-20(22,23)21(18,24)25/h2-3,8,11-12,18H,4-7,9-10H2,1H3/t18-/m1/s1. The monoisotopic (exact) mass is 451 g/mol. The number of pyridine rings is 1. The molecule has 3 aliphatic rings. The Balaban J connectivity index is 1.24. The van der Waals surface area contributed by atoms with Gasteiger partial charge in [0.1, 0.15) is 0 Å². The van der Waals surface area contributed by atoms with Gasteiger partial charge in [0.15, 0.2) is 6.10 Å². The molecule has 0 N–H and O–H groups in total. The van der Waals surface area contributed by atoms with E-state index in [9.17, 15) is 22.4 Å². The molecule has 2 aromatic heterocycles. The van der Waals surface area contributed by atoms with Crippen molar-refractivity contribution in [3.05, 3.63) is 41.5 Å². The summed E-state index contributed by atoms with van der Waals surface area (Å²) in [5, 5.41) is 4.22. The van der Waals surface area contributed by atoms with Gasteiger partial charge >= 0.3 is 17.9 Å². The van der Waals surface area contributed by atoms with Crippen molar-refractivity contribution in [1.82, 2.24) is 19.7 Å². The summed E-state index contributed by atoms with van der Waals surface area (Å²) in [4.78, 5) is 20.1. The Bertz CT molecular complexity index is 1090. The Hall–Kier alpha value is -3.11. The largest absolute Gasteiger partial charge is 0.439 e. The molecular formula is C21H21F4N5O2. The van der Waals surface area contributed by atoms with Crippen molar-refractivity contribution in [2.45, 2.75) is 30.8 Å². The number of ether oxygens (including phenoxy) is 1. The molecule has 1 saturated heterocycles. The van der Waals surface area contributed by atoms with E-state index >= 15 is 0 Å². The summed E-state index contributed by atoms with van der Waals surface area (Å²) in [5.41, 5.74) is 5.10. The van der Waals surface area contributed by atoms with Crippen LogP contribution >= 0.6 is 0 Å². The van der Waals surface area contributed by atoms with Gasteiger partial charge in [0.25, 0.3) is 0 Å². The van der Waals surface area contributed by atoms with Crippen molar-refractivity contribution in [3.8, 4) is 0 Å². The minimum absolute atomic E-state index is 0.240. The smallest absolute Gasteiger partial charge is 0.410 e. The van der Waals surface area contributed by atoms with Crippen molar-refractivity contribution in [2.24, 2.45) is 7.05 Å². The highest BCUT2D eigenvalue weighted by Gasteiger charge is 2.74. The number of allylic oxidation sites excluding steroid dienone is 1. The van der Waals surface area contributed by atoms with Crippen molar-refractivity contribution in [3.63, 3.8) is 0 Å². The molecule has 0 bridgehead atoms. The topological polar surface area (TPSA) is 63.5 Å². The predicted molar refractivity (Wildman–Crippen MR) is 108 cm³/mol. The second-order valence-electron chi connectivity index (χ2n) is 8.32. The number of nitrogens with zero attached hydrogens (tertiary/aromatic N) is 5. The first kappa shape index (κ1) is 20.8. The maximum Gasteiger partial charge on any atom is 0.410 e. The quantitative estimate of drug-likeness (QED) is 0.671. The van der Waals surface area contributed by atoms with Gasteiger partial charge in [-0.2, -0.15) is 22.7 Å². The maximum atomic E-state index is 13.4. The fraction of sp³-hybridized carbons (Fsp3) is 0.476. The van der Waals surface area contributed by atoms with E-state index in [2.05, 4.69) is 25.8 Å². The number of hydrogen-bond donors (Lipinski definition) is 0. The lowest BCUT2D eigenvalue weighted by Gasteiger charge is -2.43. The molecule has 170 valence electrons. The zero-order chi connectivity index (χ0) is 22.7. The van der Waals surface area contributed by atoms with E-state index in [1.54, 1.807) is 10.9 Å².